The minimum Gasteiger partial charge on any atom is -0.589 e. The molecule has 169 valence electrons. The van der Waals surface area contributed by atoms with Crippen LogP contribution in [0.15, 0.2) is 0 Å². The van der Waals surface area contributed by atoms with Crippen molar-refractivity contribution in [3.63, 3.8) is 0 Å². The van der Waals surface area contributed by atoms with Crippen molar-refractivity contribution in [2.24, 2.45) is 0 Å². The summed E-state index contributed by atoms with van der Waals surface area (Å²) < 4.78 is 10.2. The monoisotopic (exact) mass is 425 g/mol. The number of carbonyl (C=O) groups is 2. The van der Waals surface area contributed by atoms with Crippen LogP contribution in [0.3, 0.4) is 0 Å². The molecule has 0 aliphatic heterocycles. The van der Waals surface area contributed by atoms with Crippen molar-refractivity contribution in [1.82, 2.24) is 0 Å². The fourth-order valence-corrected chi connectivity index (χ4v) is 3.91. The van der Waals surface area contributed by atoms with Gasteiger partial charge in [0.1, 0.15) is 0 Å². The second-order valence-corrected chi connectivity index (χ2v) is 8.90. The highest BCUT2D eigenvalue weighted by Gasteiger charge is 2.13. The summed E-state index contributed by atoms with van der Waals surface area (Å²) in [7, 11) is 0. The van der Waals surface area contributed by atoms with Crippen LogP contribution in [0, 0.1) is 0 Å². The fourth-order valence-electron chi connectivity index (χ4n) is 3.41. The topological polar surface area (TPSA) is 52.6 Å². The molecule has 0 aromatic rings. The molecule has 0 N–H and O–H groups in total. The third-order valence-corrected chi connectivity index (χ3v) is 6.05. The van der Waals surface area contributed by atoms with Crippen LogP contribution in [0.5, 0.6) is 0 Å². The van der Waals surface area contributed by atoms with Crippen molar-refractivity contribution in [3.05, 3.63) is 0 Å². The molecule has 0 spiro atoms. The average molecular weight is 426 g/mol. The first kappa shape index (κ1) is 28.5. The van der Waals surface area contributed by atoms with Crippen LogP contribution in [0.1, 0.15) is 142 Å². The molecule has 5 heteroatoms. The molecule has 29 heavy (non-hydrogen) atoms. The highest BCUT2D eigenvalue weighted by molar-refractivity contribution is 6.25. The lowest BCUT2D eigenvalue weighted by Gasteiger charge is -2.06. The SMILES string of the molecule is CCCCCCCCCCCC(=O)[O][Al][O]C(=O)CCCCCCCCCCC. The Balaban J connectivity index is 3.31. The van der Waals surface area contributed by atoms with E-state index in [-0.39, 0.29) is 11.9 Å². The minimum absolute atomic E-state index is 0.223. The molecule has 0 fully saturated rings. The molecule has 0 aliphatic rings. The Bertz CT molecular complexity index is 340. The van der Waals surface area contributed by atoms with Gasteiger partial charge in [0.2, 0.25) is 0 Å². The number of unbranched alkanes of at least 4 members (excludes halogenated alkanes) is 16. The second-order valence-electron chi connectivity index (χ2n) is 8.23. The molecule has 0 saturated heterocycles. The van der Waals surface area contributed by atoms with Gasteiger partial charge in [0.15, 0.2) is 0 Å². The first-order chi connectivity index (χ1) is 14.2. The zero-order chi connectivity index (χ0) is 21.4. The molecule has 0 atom stereocenters. The van der Waals surface area contributed by atoms with E-state index in [0.29, 0.717) is 12.8 Å². The molecule has 4 nitrogen and oxygen atoms in total. The lowest BCUT2D eigenvalue weighted by Crippen LogP contribution is -2.15. The number of rotatable bonds is 22. The molecule has 1 radical (unpaired) electrons. The van der Waals surface area contributed by atoms with Gasteiger partial charge in [-0.3, -0.25) is 9.59 Å². The van der Waals surface area contributed by atoms with Gasteiger partial charge in [-0.1, -0.05) is 117 Å². The highest BCUT2D eigenvalue weighted by atomic mass is 27.2. The fraction of sp³-hybridized carbons (Fsp3) is 0.917. The van der Waals surface area contributed by atoms with E-state index in [0.717, 1.165) is 25.7 Å². The molecule has 0 amide bonds. The van der Waals surface area contributed by atoms with Gasteiger partial charge in [-0.15, -0.1) is 0 Å². The Morgan fingerprint density at radius 2 is 0.759 bits per heavy atom. The van der Waals surface area contributed by atoms with Crippen LogP contribution < -0.4 is 0 Å². The van der Waals surface area contributed by atoms with E-state index in [4.69, 9.17) is 7.58 Å². The summed E-state index contributed by atoms with van der Waals surface area (Å²) in [6.45, 7) is 4.47. The third kappa shape index (κ3) is 23.6. The number of hydrogen-bond acceptors (Lipinski definition) is 4. The Hall–Kier alpha value is -0.528. The second kappa shape index (κ2) is 23.7. The molecule has 0 bridgehead atoms. The van der Waals surface area contributed by atoms with Crippen molar-refractivity contribution >= 4 is 27.8 Å². The smallest absolute Gasteiger partial charge is 0.589 e. The predicted molar refractivity (Wildman–Crippen MR) is 122 cm³/mol. The van der Waals surface area contributed by atoms with Crippen molar-refractivity contribution in [3.8, 4) is 0 Å². The lowest BCUT2D eigenvalue weighted by molar-refractivity contribution is -0.139. The van der Waals surface area contributed by atoms with E-state index in [9.17, 15) is 9.59 Å². The van der Waals surface area contributed by atoms with Crippen molar-refractivity contribution in [2.75, 3.05) is 0 Å². The summed E-state index contributed by atoms with van der Waals surface area (Å²) in [5.41, 5.74) is 0. The van der Waals surface area contributed by atoms with E-state index in [1.165, 1.54) is 89.9 Å². The van der Waals surface area contributed by atoms with Crippen molar-refractivity contribution < 1.29 is 17.2 Å². The van der Waals surface area contributed by atoms with Gasteiger partial charge in [-0.2, -0.15) is 0 Å². The normalized spacial score (nSPS) is 10.7. The van der Waals surface area contributed by atoms with Gasteiger partial charge in [-0.25, -0.2) is 0 Å². The largest absolute Gasteiger partial charge is 0.885 e. The maximum Gasteiger partial charge on any atom is 0.885 e. The maximum atomic E-state index is 11.7. The Labute approximate surface area is 187 Å². The predicted octanol–water partition coefficient (Wildman–Crippen LogP) is 7.45. The first-order valence-corrected chi connectivity index (χ1v) is 13.4. The minimum atomic E-state index is -0.989. The van der Waals surface area contributed by atoms with E-state index in [2.05, 4.69) is 13.8 Å². The van der Waals surface area contributed by atoms with Crippen LogP contribution in [0.25, 0.3) is 0 Å². The zero-order valence-electron chi connectivity index (χ0n) is 19.4. The van der Waals surface area contributed by atoms with E-state index in [1.54, 1.807) is 0 Å². The zero-order valence-corrected chi connectivity index (χ0v) is 20.5. The molecule has 0 aromatic heterocycles. The molecule has 0 aromatic carbocycles. The molecule has 0 rings (SSSR count). The van der Waals surface area contributed by atoms with Gasteiger partial charge in [0.25, 0.3) is 11.9 Å². The Morgan fingerprint density at radius 3 is 1.07 bits per heavy atom. The van der Waals surface area contributed by atoms with Gasteiger partial charge in [0.05, 0.1) is 0 Å². The molecule has 0 heterocycles. The highest BCUT2D eigenvalue weighted by Crippen LogP contribution is 2.12. The summed E-state index contributed by atoms with van der Waals surface area (Å²) in [6, 6.07) is 0. The summed E-state index contributed by atoms with van der Waals surface area (Å²) in [6.07, 6.45) is 23.0. The van der Waals surface area contributed by atoms with Gasteiger partial charge in [0, 0.05) is 12.8 Å². The van der Waals surface area contributed by atoms with Crippen LogP contribution >= 0.6 is 0 Å². The molecule has 0 saturated carbocycles. The van der Waals surface area contributed by atoms with Crippen molar-refractivity contribution in [2.45, 2.75) is 142 Å². The summed E-state index contributed by atoms with van der Waals surface area (Å²) in [5.74, 6) is -0.447. The molecular weight excluding hydrogens is 379 g/mol. The van der Waals surface area contributed by atoms with E-state index < -0.39 is 15.9 Å². The third-order valence-electron chi connectivity index (χ3n) is 5.33. The summed E-state index contributed by atoms with van der Waals surface area (Å²) in [5, 5.41) is 0. The molecule has 0 unspecified atom stereocenters. The number of carbonyl (C=O) groups excluding carboxylic acids is 2. The van der Waals surface area contributed by atoms with Crippen molar-refractivity contribution in [1.29, 1.82) is 0 Å². The standard InChI is InChI=1S/2C12H24O2.Al/c2*1-2-3-4-5-6-7-8-9-10-11-12(13)14;/h2*2-11H2,1H3,(H,13,14);/q;;+2/p-2. The van der Waals surface area contributed by atoms with Crippen LogP contribution in [0.4, 0.5) is 0 Å². The maximum absolute atomic E-state index is 11.7. The lowest BCUT2D eigenvalue weighted by atomic mass is 10.1. The average Bonchev–Trinajstić information content (AvgIpc) is 2.71. The molecular formula is C24H46AlO4. The summed E-state index contributed by atoms with van der Waals surface area (Å²) in [4.78, 5) is 23.3. The Kier molecular flexibility index (Phi) is 23.3. The summed E-state index contributed by atoms with van der Waals surface area (Å²) >= 11 is -0.989. The molecule has 0 aliphatic carbocycles. The van der Waals surface area contributed by atoms with E-state index >= 15 is 0 Å². The van der Waals surface area contributed by atoms with Gasteiger partial charge >= 0.3 is 15.9 Å². The van der Waals surface area contributed by atoms with E-state index in [1.807, 2.05) is 0 Å². The van der Waals surface area contributed by atoms with Crippen LogP contribution in [0.2, 0.25) is 0 Å². The van der Waals surface area contributed by atoms with Crippen LogP contribution in [-0.2, 0) is 17.2 Å². The Morgan fingerprint density at radius 1 is 0.483 bits per heavy atom. The van der Waals surface area contributed by atoms with Gasteiger partial charge in [-0.05, 0) is 12.8 Å². The first-order valence-electron chi connectivity index (χ1n) is 12.4. The quantitative estimate of drug-likeness (QED) is 0.133. The van der Waals surface area contributed by atoms with Crippen LogP contribution in [-0.4, -0.2) is 27.8 Å². The number of hydrogen-bond donors (Lipinski definition) is 0. The van der Waals surface area contributed by atoms with Gasteiger partial charge < -0.3 is 7.58 Å².